The van der Waals surface area contributed by atoms with Gasteiger partial charge < -0.3 is 9.47 Å². The molecule has 0 radical (unpaired) electrons. The molecule has 0 aliphatic carbocycles. The fraction of sp³-hybridized carbons (Fsp3) is 0.375. The van der Waals surface area contributed by atoms with E-state index in [4.69, 9.17) is 9.47 Å². The van der Waals surface area contributed by atoms with E-state index in [2.05, 4.69) is 24.7 Å². The van der Waals surface area contributed by atoms with Crippen molar-refractivity contribution in [3.05, 3.63) is 65.7 Å². The average molecular weight is 427 g/mol. The number of hydrazine groups is 1. The van der Waals surface area contributed by atoms with Crippen LogP contribution < -0.4 is 15.6 Å². The van der Waals surface area contributed by atoms with Gasteiger partial charge in [0.15, 0.2) is 6.61 Å². The Morgan fingerprint density at radius 2 is 1.58 bits per heavy atom. The first kappa shape index (κ1) is 23.9. The molecular formula is C24H30N2O5. The van der Waals surface area contributed by atoms with Crippen LogP contribution >= 0.6 is 0 Å². The fourth-order valence-corrected chi connectivity index (χ4v) is 2.73. The van der Waals surface area contributed by atoms with Gasteiger partial charge in [0.25, 0.3) is 5.91 Å². The number of rotatable bonds is 11. The van der Waals surface area contributed by atoms with E-state index in [0.29, 0.717) is 18.1 Å². The van der Waals surface area contributed by atoms with Gasteiger partial charge in [0.1, 0.15) is 5.75 Å². The van der Waals surface area contributed by atoms with Gasteiger partial charge in [-0.25, -0.2) is 0 Å². The summed E-state index contributed by atoms with van der Waals surface area (Å²) in [5.74, 6) is -0.391. The summed E-state index contributed by atoms with van der Waals surface area (Å²) in [7, 11) is 0. The maximum absolute atomic E-state index is 11.8. The molecule has 2 N–H and O–H groups in total. The van der Waals surface area contributed by atoms with Crippen LogP contribution in [0.1, 0.15) is 50.2 Å². The monoisotopic (exact) mass is 426 g/mol. The number of amides is 2. The van der Waals surface area contributed by atoms with E-state index in [1.165, 1.54) is 5.56 Å². The third-order valence-electron chi connectivity index (χ3n) is 4.83. The second-order valence-corrected chi connectivity index (χ2v) is 7.22. The molecule has 0 bridgehead atoms. The second kappa shape index (κ2) is 13.1. The Hall–Kier alpha value is -3.35. The van der Waals surface area contributed by atoms with Crippen molar-refractivity contribution in [1.29, 1.82) is 0 Å². The molecular weight excluding hydrogens is 396 g/mol. The van der Waals surface area contributed by atoms with Crippen LogP contribution in [0.25, 0.3) is 0 Å². The highest BCUT2D eigenvalue weighted by Crippen LogP contribution is 2.21. The first-order valence-electron chi connectivity index (χ1n) is 10.5. The van der Waals surface area contributed by atoms with Crippen LogP contribution in [0.3, 0.4) is 0 Å². The van der Waals surface area contributed by atoms with Crippen molar-refractivity contribution >= 4 is 17.8 Å². The van der Waals surface area contributed by atoms with Gasteiger partial charge in [-0.2, -0.15) is 0 Å². The number of hydrogen-bond donors (Lipinski definition) is 2. The van der Waals surface area contributed by atoms with Crippen molar-refractivity contribution in [3.8, 4) is 5.75 Å². The van der Waals surface area contributed by atoms with Gasteiger partial charge >= 0.3 is 5.97 Å². The normalized spacial score (nSPS) is 11.3. The molecule has 2 rings (SSSR count). The predicted molar refractivity (Wildman–Crippen MR) is 117 cm³/mol. The molecule has 0 saturated heterocycles. The number of esters is 1. The maximum Gasteiger partial charge on any atom is 0.306 e. The number of carbonyl (C=O) groups excluding carboxylic acids is 3. The summed E-state index contributed by atoms with van der Waals surface area (Å²) in [4.78, 5) is 35.3. The van der Waals surface area contributed by atoms with Crippen molar-refractivity contribution in [3.63, 3.8) is 0 Å². The Morgan fingerprint density at radius 3 is 2.26 bits per heavy atom. The summed E-state index contributed by atoms with van der Waals surface area (Å²) in [5, 5.41) is 0. The lowest BCUT2D eigenvalue weighted by Crippen LogP contribution is -2.43. The molecule has 0 aliphatic heterocycles. The molecule has 0 fully saturated rings. The van der Waals surface area contributed by atoms with Gasteiger partial charge in [0, 0.05) is 12.8 Å². The van der Waals surface area contributed by atoms with Crippen molar-refractivity contribution < 1.29 is 23.9 Å². The van der Waals surface area contributed by atoms with Crippen LogP contribution in [0.4, 0.5) is 0 Å². The number of nitrogens with one attached hydrogen (secondary N) is 2. The van der Waals surface area contributed by atoms with Crippen LogP contribution in [-0.4, -0.2) is 31.0 Å². The Bertz CT molecular complexity index is 837. The van der Waals surface area contributed by atoms with E-state index in [0.717, 1.165) is 12.0 Å². The number of benzene rings is 2. The van der Waals surface area contributed by atoms with E-state index >= 15 is 0 Å². The van der Waals surface area contributed by atoms with E-state index in [-0.39, 0.29) is 26.1 Å². The second-order valence-electron chi connectivity index (χ2n) is 7.22. The fourth-order valence-electron chi connectivity index (χ4n) is 2.73. The average Bonchev–Trinajstić information content (AvgIpc) is 2.80. The standard InChI is InChI=1S/C24H30N2O5/c1-3-18(2)20-9-11-21(12-10-20)31-17-23(28)26-25-22(27)13-14-24(29)30-16-15-19-7-5-4-6-8-19/h4-12,18H,3,13-17H2,1-2H3,(H,25,27)(H,26,28). The summed E-state index contributed by atoms with van der Waals surface area (Å²) in [5.41, 5.74) is 6.81. The topological polar surface area (TPSA) is 93.7 Å². The lowest BCUT2D eigenvalue weighted by atomic mass is 9.99. The lowest BCUT2D eigenvalue weighted by Gasteiger charge is -2.11. The summed E-state index contributed by atoms with van der Waals surface area (Å²) in [6.07, 6.45) is 1.53. The molecule has 2 aromatic carbocycles. The van der Waals surface area contributed by atoms with Crippen molar-refractivity contribution in [1.82, 2.24) is 10.9 Å². The Labute approximate surface area is 183 Å². The molecule has 166 valence electrons. The molecule has 0 aromatic heterocycles. The highest BCUT2D eigenvalue weighted by Gasteiger charge is 2.10. The SMILES string of the molecule is CCC(C)c1ccc(OCC(=O)NNC(=O)CCC(=O)OCCc2ccccc2)cc1. The zero-order valence-corrected chi connectivity index (χ0v) is 18.1. The number of carbonyl (C=O) groups is 3. The molecule has 1 unspecified atom stereocenters. The molecule has 0 heterocycles. The van der Waals surface area contributed by atoms with Crippen LogP contribution in [0.2, 0.25) is 0 Å². The number of ether oxygens (including phenoxy) is 2. The zero-order chi connectivity index (χ0) is 22.5. The molecule has 7 heteroatoms. The van der Waals surface area contributed by atoms with Gasteiger partial charge in [-0.3, -0.25) is 25.2 Å². The molecule has 1 atom stereocenters. The molecule has 31 heavy (non-hydrogen) atoms. The van der Waals surface area contributed by atoms with Crippen molar-refractivity contribution in [2.45, 2.75) is 45.4 Å². The maximum atomic E-state index is 11.8. The van der Waals surface area contributed by atoms with Gasteiger partial charge in [0.05, 0.1) is 13.0 Å². The first-order valence-corrected chi connectivity index (χ1v) is 10.5. The summed E-state index contributed by atoms with van der Waals surface area (Å²) in [6, 6.07) is 17.3. The minimum absolute atomic E-state index is 0.0600. The Balaban J connectivity index is 1.56. The summed E-state index contributed by atoms with van der Waals surface area (Å²) >= 11 is 0. The first-order chi connectivity index (χ1) is 15.0. The van der Waals surface area contributed by atoms with E-state index in [1.807, 2.05) is 54.6 Å². The highest BCUT2D eigenvalue weighted by molar-refractivity contribution is 5.84. The minimum Gasteiger partial charge on any atom is -0.484 e. The minimum atomic E-state index is -0.496. The van der Waals surface area contributed by atoms with E-state index < -0.39 is 17.8 Å². The Kier molecular flexibility index (Phi) is 10.1. The van der Waals surface area contributed by atoms with E-state index in [9.17, 15) is 14.4 Å². The molecule has 0 saturated carbocycles. The van der Waals surface area contributed by atoms with Crippen molar-refractivity contribution in [2.75, 3.05) is 13.2 Å². The van der Waals surface area contributed by atoms with Crippen LogP contribution in [0.5, 0.6) is 5.75 Å². The molecule has 0 aliphatic rings. The Morgan fingerprint density at radius 1 is 0.903 bits per heavy atom. The quantitative estimate of drug-likeness (QED) is 0.425. The highest BCUT2D eigenvalue weighted by atomic mass is 16.5. The third-order valence-corrected chi connectivity index (χ3v) is 4.83. The molecule has 7 nitrogen and oxygen atoms in total. The lowest BCUT2D eigenvalue weighted by molar-refractivity contribution is -0.145. The van der Waals surface area contributed by atoms with Crippen LogP contribution in [0.15, 0.2) is 54.6 Å². The van der Waals surface area contributed by atoms with E-state index in [1.54, 1.807) is 0 Å². The molecule has 0 spiro atoms. The third kappa shape index (κ3) is 9.33. The van der Waals surface area contributed by atoms with Gasteiger partial charge in [-0.15, -0.1) is 0 Å². The molecule has 2 amide bonds. The summed E-state index contributed by atoms with van der Waals surface area (Å²) in [6.45, 7) is 4.31. The smallest absolute Gasteiger partial charge is 0.306 e. The van der Waals surface area contributed by atoms with Crippen molar-refractivity contribution in [2.24, 2.45) is 0 Å². The van der Waals surface area contributed by atoms with Crippen LogP contribution in [-0.2, 0) is 25.5 Å². The largest absolute Gasteiger partial charge is 0.484 e. The summed E-state index contributed by atoms with van der Waals surface area (Å²) < 4.78 is 10.5. The predicted octanol–water partition coefficient (Wildman–Crippen LogP) is 3.29. The number of hydrogen-bond acceptors (Lipinski definition) is 5. The molecule has 2 aromatic rings. The zero-order valence-electron chi connectivity index (χ0n) is 18.1. The van der Waals surface area contributed by atoms with Gasteiger partial charge in [-0.05, 0) is 35.6 Å². The van der Waals surface area contributed by atoms with Gasteiger partial charge in [0.2, 0.25) is 5.91 Å². The van der Waals surface area contributed by atoms with Crippen LogP contribution in [0, 0.1) is 0 Å². The van der Waals surface area contributed by atoms with Gasteiger partial charge in [-0.1, -0.05) is 56.3 Å².